The van der Waals surface area contributed by atoms with Crippen LogP contribution >= 0.6 is 15.9 Å². The van der Waals surface area contributed by atoms with Gasteiger partial charge in [0.25, 0.3) is 6.43 Å². The molecule has 0 amide bonds. The summed E-state index contributed by atoms with van der Waals surface area (Å²) in [4.78, 5) is -0.207. The van der Waals surface area contributed by atoms with Gasteiger partial charge in [-0.15, -0.1) is 0 Å². The Kier molecular flexibility index (Phi) is 3.23. The van der Waals surface area contributed by atoms with Crippen LogP contribution in [0, 0.1) is 0 Å². The summed E-state index contributed by atoms with van der Waals surface area (Å²) < 4.78 is 46.2. The third-order valence-electron chi connectivity index (χ3n) is 1.51. The van der Waals surface area contributed by atoms with Crippen LogP contribution in [0.2, 0.25) is 0 Å². The summed E-state index contributed by atoms with van der Waals surface area (Å²) in [5.74, 6) is 0. The molecule has 2 N–H and O–H groups in total. The second-order valence-electron chi connectivity index (χ2n) is 2.54. The number of alkyl halides is 2. The summed E-state index contributed by atoms with van der Waals surface area (Å²) in [7, 11) is -3.87. The number of halogens is 3. The molecule has 0 unspecified atom stereocenters. The molecule has 0 spiro atoms. The smallest absolute Gasteiger partial charge is 0.225 e. The predicted molar refractivity (Wildman–Crippen MR) is 50.5 cm³/mol. The Labute approximate surface area is 88.1 Å². The van der Waals surface area contributed by atoms with Gasteiger partial charge in [0.15, 0.2) is 0 Å². The SMILES string of the molecule is NS(=O)(=O)c1ccc(C(F)F)cc1Br. The van der Waals surface area contributed by atoms with Crippen molar-refractivity contribution in [3.8, 4) is 0 Å². The molecule has 1 aromatic rings. The van der Waals surface area contributed by atoms with Gasteiger partial charge >= 0.3 is 0 Å². The van der Waals surface area contributed by atoms with E-state index in [1.165, 1.54) is 0 Å². The van der Waals surface area contributed by atoms with Crippen molar-refractivity contribution in [2.75, 3.05) is 0 Å². The van der Waals surface area contributed by atoms with Crippen LogP contribution in [0.5, 0.6) is 0 Å². The molecule has 3 nitrogen and oxygen atoms in total. The van der Waals surface area contributed by atoms with Crippen molar-refractivity contribution in [2.45, 2.75) is 11.3 Å². The van der Waals surface area contributed by atoms with Gasteiger partial charge in [-0.3, -0.25) is 0 Å². The van der Waals surface area contributed by atoms with E-state index in [2.05, 4.69) is 15.9 Å². The Bertz CT molecular complexity index is 447. The van der Waals surface area contributed by atoms with Crippen LogP contribution in [0.25, 0.3) is 0 Å². The van der Waals surface area contributed by atoms with Crippen LogP contribution in [-0.2, 0) is 10.0 Å². The maximum atomic E-state index is 12.2. The first-order valence-electron chi connectivity index (χ1n) is 3.43. The van der Waals surface area contributed by atoms with E-state index in [0.717, 1.165) is 18.2 Å². The number of hydrogen-bond donors (Lipinski definition) is 1. The molecule has 1 aromatic carbocycles. The molecule has 0 bridgehead atoms. The van der Waals surface area contributed by atoms with Crippen molar-refractivity contribution in [1.29, 1.82) is 0 Å². The lowest BCUT2D eigenvalue weighted by Gasteiger charge is -2.04. The van der Waals surface area contributed by atoms with Gasteiger partial charge in [-0.2, -0.15) is 0 Å². The molecule has 0 aromatic heterocycles. The molecule has 0 heterocycles. The van der Waals surface area contributed by atoms with E-state index < -0.39 is 16.4 Å². The van der Waals surface area contributed by atoms with Gasteiger partial charge < -0.3 is 0 Å². The molecule has 14 heavy (non-hydrogen) atoms. The highest BCUT2D eigenvalue weighted by molar-refractivity contribution is 9.10. The van der Waals surface area contributed by atoms with Crippen molar-refractivity contribution in [3.05, 3.63) is 28.2 Å². The number of primary sulfonamides is 1. The van der Waals surface area contributed by atoms with Gasteiger partial charge in [-0.05, 0) is 28.1 Å². The predicted octanol–water partition coefficient (Wildman–Crippen LogP) is 2.03. The quantitative estimate of drug-likeness (QED) is 0.904. The molecule has 0 saturated carbocycles. The van der Waals surface area contributed by atoms with Crippen LogP contribution in [0.1, 0.15) is 12.0 Å². The minimum Gasteiger partial charge on any atom is -0.225 e. The molecular formula is C7H6BrF2NO2S. The Balaban J connectivity index is 3.28. The average Bonchev–Trinajstić information content (AvgIpc) is 2.01. The third kappa shape index (κ3) is 2.49. The minimum atomic E-state index is -3.87. The molecule has 0 aliphatic carbocycles. The largest absolute Gasteiger partial charge is 0.263 e. The lowest BCUT2D eigenvalue weighted by atomic mass is 10.2. The monoisotopic (exact) mass is 285 g/mol. The fourth-order valence-electron chi connectivity index (χ4n) is 0.884. The van der Waals surface area contributed by atoms with Crippen molar-refractivity contribution >= 4 is 26.0 Å². The standard InChI is InChI=1S/C7H6BrF2NO2S/c8-5-3-4(7(9)10)1-2-6(5)14(11,12)13/h1-3,7H,(H2,11,12,13). The van der Waals surface area contributed by atoms with Crippen molar-refractivity contribution in [1.82, 2.24) is 0 Å². The molecule has 0 atom stereocenters. The van der Waals surface area contributed by atoms with Crippen LogP contribution in [0.3, 0.4) is 0 Å². The Morgan fingerprint density at radius 1 is 1.36 bits per heavy atom. The molecule has 0 aliphatic rings. The number of sulfonamides is 1. The van der Waals surface area contributed by atoms with Gasteiger partial charge in [-0.1, -0.05) is 6.07 Å². The maximum absolute atomic E-state index is 12.2. The first-order chi connectivity index (χ1) is 6.32. The highest BCUT2D eigenvalue weighted by atomic mass is 79.9. The molecule has 78 valence electrons. The summed E-state index contributed by atoms with van der Waals surface area (Å²) in [6.45, 7) is 0. The van der Waals surface area contributed by atoms with E-state index in [9.17, 15) is 17.2 Å². The van der Waals surface area contributed by atoms with Gasteiger partial charge in [0.2, 0.25) is 10.0 Å². The lowest BCUT2D eigenvalue weighted by molar-refractivity contribution is 0.151. The highest BCUT2D eigenvalue weighted by Gasteiger charge is 2.15. The van der Waals surface area contributed by atoms with E-state index in [1.807, 2.05) is 0 Å². The van der Waals surface area contributed by atoms with E-state index in [-0.39, 0.29) is 14.9 Å². The molecule has 0 radical (unpaired) electrons. The number of hydrogen-bond acceptors (Lipinski definition) is 2. The van der Waals surface area contributed by atoms with Crippen LogP contribution in [0.4, 0.5) is 8.78 Å². The number of nitrogens with two attached hydrogens (primary N) is 1. The molecule has 0 saturated heterocycles. The summed E-state index contributed by atoms with van der Waals surface area (Å²) in [6.07, 6.45) is -2.64. The fourth-order valence-corrected chi connectivity index (χ4v) is 2.55. The second-order valence-corrected chi connectivity index (χ2v) is 4.92. The second kappa shape index (κ2) is 3.92. The van der Waals surface area contributed by atoms with Crippen molar-refractivity contribution in [2.24, 2.45) is 5.14 Å². The highest BCUT2D eigenvalue weighted by Crippen LogP contribution is 2.27. The normalized spacial score (nSPS) is 12.1. The van der Waals surface area contributed by atoms with Gasteiger partial charge in [0.1, 0.15) is 0 Å². The van der Waals surface area contributed by atoms with Crippen molar-refractivity contribution in [3.63, 3.8) is 0 Å². The molecule has 1 rings (SSSR count). The first kappa shape index (κ1) is 11.5. The van der Waals surface area contributed by atoms with E-state index in [1.54, 1.807) is 0 Å². The summed E-state index contributed by atoms with van der Waals surface area (Å²) in [5.41, 5.74) is -0.260. The summed E-state index contributed by atoms with van der Waals surface area (Å²) >= 11 is 2.86. The number of rotatable bonds is 2. The first-order valence-corrected chi connectivity index (χ1v) is 5.76. The van der Waals surface area contributed by atoms with Crippen LogP contribution in [0.15, 0.2) is 27.6 Å². The molecule has 0 fully saturated rings. The van der Waals surface area contributed by atoms with Crippen LogP contribution in [-0.4, -0.2) is 8.42 Å². The number of benzene rings is 1. The van der Waals surface area contributed by atoms with Crippen molar-refractivity contribution < 1.29 is 17.2 Å². The zero-order chi connectivity index (χ0) is 10.9. The van der Waals surface area contributed by atoms with E-state index >= 15 is 0 Å². The molecule has 7 heteroatoms. The summed E-state index contributed by atoms with van der Waals surface area (Å²) in [6, 6.07) is 3.10. The molecule has 0 aliphatic heterocycles. The Morgan fingerprint density at radius 2 is 1.93 bits per heavy atom. The lowest BCUT2D eigenvalue weighted by Crippen LogP contribution is -2.12. The Hall–Kier alpha value is -0.530. The maximum Gasteiger partial charge on any atom is 0.263 e. The molecular weight excluding hydrogens is 280 g/mol. The van der Waals surface area contributed by atoms with Gasteiger partial charge in [-0.25, -0.2) is 22.3 Å². The van der Waals surface area contributed by atoms with Crippen LogP contribution < -0.4 is 5.14 Å². The fraction of sp³-hybridized carbons (Fsp3) is 0.143. The van der Waals surface area contributed by atoms with E-state index in [4.69, 9.17) is 5.14 Å². The third-order valence-corrected chi connectivity index (χ3v) is 3.40. The topological polar surface area (TPSA) is 60.2 Å². The average molecular weight is 286 g/mol. The Morgan fingerprint density at radius 3 is 2.29 bits per heavy atom. The van der Waals surface area contributed by atoms with E-state index in [0.29, 0.717) is 0 Å². The zero-order valence-electron chi connectivity index (χ0n) is 6.75. The van der Waals surface area contributed by atoms with Gasteiger partial charge in [0.05, 0.1) is 4.90 Å². The van der Waals surface area contributed by atoms with Gasteiger partial charge in [0, 0.05) is 10.0 Å². The summed E-state index contributed by atoms with van der Waals surface area (Å²) in [5, 5.41) is 4.84. The zero-order valence-corrected chi connectivity index (χ0v) is 9.15. The minimum absolute atomic E-state index is 0.0396.